The third kappa shape index (κ3) is 4.96. The first-order chi connectivity index (χ1) is 14.5. The maximum absolute atomic E-state index is 13.9. The molecule has 1 aromatic heterocycles. The van der Waals surface area contributed by atoms with Crippen molar-refractivity contribution >= 4 is 34.4 Å². The van der Waals surface area contributed by atoms with E-state index in [2.05, 4.69) is 15.6 Å². The summed E-state index contributed by atoms with van der Waals surface area (Å²) in [5, 5.41) is 7.33. The first kappa shape index (κ1) is 19.9. The molecule has 0 saturated heterocycles. The largest absolute Gasteiger partial charge is 0.349 e. The number of nitrogens with one attached hydrogen (secondary N) is 2. The average molecular weight is 425 g/mol. The molecule has 5 nitrogen and oxygen atoms in total. The minimum Gasteiger partial charge on any atom is -0.349 e. The molecule has 0 unspecified atom stereocenters. The Balaban J connectivity index is 1.36. The predicted octanol–water partition coefficient (Wildman–Crippen LogP) is 4.63. The molecule has 2 amide bonds. The van der Waals surface area contributed by atoms with E-state index in [1.54, 1.807) is 35.7 Å². The van der Waals surface area contributed by atoms with Crippen LogP contribution in [0, 0.1) is 11.6 Å². The first-order valence-electron chi connectivity index (χ1n) is 9.29. The van der Waals surface area contributed by atoms with E-state index in [1.165, 1.54) is 6.08 Å². The molecule has 1 saturated carbocycles. The quantitative estimate of drug-likeness (QED) is 0.566. The topological polar surface area (TPSA) is 71.1 Å². The van der Waals surface area contributed by atoms with E-state index in [1.807, 2.05) is 0 Å². The van der Waals surface area contributed by atoms with Crippen molar-refractivity contribution in [2.45, 2.75) is 18.9 Å². The van der Waals surface area contributed by atoms with E-state index in [0.29, 0.717) is 11.6 Å². The summed E-state index contributed by atoms with van der Waals surface area (Å²) < 4.78 is 27.2. The summed E-state index contributed by atoms with van der Waals surface area (Å²) in [6, 6.07) is 10.3. The van der Waals surface area contributed by atoms with Crippen molar-refractivity contribution in [1.29, 1.82) is 0 Å². The molecule has 0 atom stereocenters. The van der Waals surface area contributed by atoms with Gasteiger partial charge in [0.15, 0.2) is 5.13 Å². The minimum atomic E-state index is -0.589. The molecule has 1 fully saturated rings. The van der Waals surface area contributed by atoms with Gasteiger partial charge < -0.3 is 5.32 Å². The Bertz CT molecular complexity index is 1120. The minimum absolute atomic E-state index is 0.0353. The summed E-state index contributed by atoms with van der Waals surface area (Å²) in [6.45, 7) is 0. The highest BCUT2D eigenvalue weighted by Crippen LogP contribution is 2.27. The van der Waals surface area contributed by atoms with Crippen molar-refractivity contribution < 1.29 is 18.4 Å². The fraction of sp³-hybridized carbons (Fsp3) is 0.136. The highest BCUT2D eigenvalue weighted by molar-refractivity contribution is 7.14. The van der Waals surface area contributed by atoms with Gasteiger partial charge in [0.25, 0.3) is 5.91 Å². The Kier molecular flexibility index (Phi) is 5.67. The van der Waals surface area contributed by atoms with Gasteiger partial charge in [-0.05, 0) is 54.8 Å². The number of nitrogens with zero attached hydrogens (tertiary/aromatic N) is 1. The molecule has 30 heavy (non-hydrogen) atoms. The van der Waals surface area contributed by atoms with Crippen LogP contribution < -0.4 is 10.6 Å². The van der Waals surface area contributed by atoms with Crippen molar-refractivity contribution in [2.24, 2.45) is 0 Å². The number of benzene rings is 2. The number of thiazole rings is 1. The number of anilines is 1. The van der Waals surface area contributed by atoms with Crippen LogP contribution in [0.2, 0.25) is 0 Å². The summed E-state index contributed by atoms with van der Waals surface area (Å²) in [4.78, 5) is 28.2. The van der Waals surface area contributed by atoms with E-state index >= 15 is 0 Å². The van der Waals surface area contributed by atoms with Crippen LogP contribution in [0.5, 0.6) is 0 Å². The van der Waals surface area contributed by atoms with E-state index in [9.17, 15) is 18.4 Å². The Labute approximate surface area is 175 Å². The van der Waals surface area contributed by atoms with Crippen LogP contribution in [0.15, 0.2) is 53.9 Å². The summed E-state index contributed by atoms with van der Waals surface area (Å²) in [5.41, 5.74) is 1.61. The Morgan fingerprint density at radius 1 is 1.10 bits per heavy atom. The third-order valence-corrected chi connectivity index (χ3v) is 5.21. The van der Waals surface area contributed by atoms with Crippen molar-refractivity contribution in [3.05, 3.63) is 76.7 Å². The molecule has 0 bridgehead atoms. The van der Waals surface area contributed by atoms with E-state index < -0.39 is 17.5 Å². The third-order valence-electron chi connectivity index (χ3n) is 4.45. The van der Waals surface area contributed by atoms with Gasteiger partial charge >= 0.3 is 0 Å². The van der Waals surface area contributed by atoms with Crippen molar-refractivity contribution in [2.75, 3.05) is 5.32 Å². The maximum Gasteiger partial charge on any atom is 0.251 e. The van der Waals surface area contributed by atoms with Gasteiger partial charge in [0.1, 0.15) is 11.6 Å². The fourth-order valence-electron chi connectivity index (χ4n) is 2.71. The second-order valence-electron chi connectivity index (χ2n) is 6.85. The smallest absolute Gasteiger partial charge is 0.251 e. The number of halogens is 2. The predicted molar refractivity (Wildman–Crippen MR) is 112 cm³/mol. The zero-order valence-electron chi connectivity index (χ0n) is 15.7. The van der Waals surface area contributed by atoms with Gasteiger partial charge in [-0.1, -0.05) is 12.1 Å². The number of amides is 2. The van der Waals surface area contributed by atoms with E-state index in [0.717, 1.165) is 47.9 Å². The van der Waals surface area contributed by atoms with Crippen LogP contribution >= 0.6 is 11.3 Å². The Morgan fingerprint density at radius 2 is 1.87 bits per heavy atom. The maximum atomic E-state index is 13.9. The lowest BCUT2D eigenvalue weighted by Gasteiger charge is -2.03. The van der Waals surface area contributed by atoms with Crippen LogP contribution in [-0.4, -0.2) is 22.8 Å². The lowest BCUT2D eigenvalue weighted by molar-refractivity contribution is -0.111. The lowest BCUT2D eigenvalue weighted by atomic mass is 10.1. The fourth-order valence-corrected chi connectivity index (χ4v) is 3.42. The first-order valence-corrected chi connectivity index (χ1v) is 10.2. The molecule has 0 aliphatic heterocycles. The number of rotatable bonds is 6. The zero-order chi connectivity index (χ0) is 21.1. The highest BCUT2D eigenvalue weighted by atomic mass is 32.1. The number of carbonyl (C=O) groups is 2. The summed E-state index contributed by atoms with van der Waals surface area (Å²) >= 11 is 1.11. The average Bonchev–Trinajstić information content (AvgIpc) is 3.44. The number of hydrogen-bond donors (Lipinski definition) is 2. The molecular formula is C22H17F2N3O2S. The normalized spacial score (nSPS) is 13.4. The van der Waals surface area contributed by atoms with E-state index in [4.69, 9.17) is 0 Å². The van der Waals surface area contributed by atoms with Crippen molar-refractivity contribution in [1.82, 2.24) is 10.3 Å². The van der Waals surface area contributed by atoms with Crippen LogP contribution in [-0.2, 0) is 4.79 Å². The zero-order valence-corrected chi connectivity index (χ0v) is 16.5. The highest BCUT2D eigenvalue weighted by Gasteiger charge is 2.23. The molecule has 0 spiro atoms. The van der Waals surface area contributed by atoms with Crippen molar-refractivity contribution in [3.8, 4) is 11.3 Å². The van der Waals surface area contributed by atoms with E-state index in [-0.39, 0.29) is 22.3 Å². The molecule has 1 aliphatic rings. The van der Waals surface area contributed by atoms with Gasteiger partial charge in [-0.3, -0.25) is 14.9 Å². The van der Waals surface area contributed by atoms with Crippen LogP contribution in [0.3, 0.4) is 0 Å². The monoisotopic (exact) mass is 425 g/mol. The van der Waals surface area contributed by atoms with Gasteiger partial charge in [0.2, 0.25) is 5.91 Å². The summed E-state index contributed by atoms with van der Waals surface area (Å²) in [7, 11) is 0. The van der Waals surface area contributed by atoms with Gasteiger partial charge in [0, 0.05) is 28.6 Å². The molecule has 152 valence electrons. The number of aromatic nitrogens is 1. The Hall–Kier alpha value is -3.39. The van der Waals surface area contributed by atoms with Gasteiger partial charge in [-0.25, -0.2) is 13.8 Å². The summed E-state index contributed by atoms with van der Waals surface area (Å²) in [5.74, 6) is -1.66. The molecule has 8 heteroatoms. The molecule has 3 aromatic rings. The molecule has 2 N–H and O–H groups in total. The van der Waals surface area contributed by atoms with Crippen molar-refractivity contribution in [3.63, 3.8) is 0 Å². The molecular weight excluding hydrogens is 408 g/mol. The van der Waals surface area contributed by atoms with Gasteiger partial charge in [-0.15, -0.1) is 11.3 Å². The van der Waals surface area contributed by atoms with Gasteiger partial charge in [0.05, 0.1) is 5.69 Å². The second kappa shape index (κ2) is 8.54. The molecule has 0 radical (unpaired) electrons. The van der Waals surface area contributed by atoms with Crippen LogP contribution in [0.4, 0.5) is 13.9 Å². The standard InChI is InChI=1S/C22H17F2N3O2S/c23-15-6-9-18(24)17(11-15)19-12-30-22(26-19)27-20(28)10-3-13-1-4-14(5-2-13)21(29)25-16-7-8-16/h1-6,9-12,16H,7-8H2,(H,25,29)(H,26,27,28)/b10-3+. The SMILES string of the molecule is O=C(/C=C/c1ccc(C(=O)NC2CC2)cc1)Nc1nc(-c2cc(F)ccc2F)cs1. The van der Waals surface area contributed by atoms with Crippen LogP contribution in [0.25, 0.3) is 17.3 Å². The number of hydrogen-bond acceptors (Lipinski definition) is 4. The summed E-state index contributed by atoms with van der Waals surface area (Å²) in [6.07, 6.45) is 5.00. The molecule has 2 aromatic carbocycles. The van der Waals surface area contributed by atoms with Crippen LogP contribution in [0.1, 0.15) is 28.8 Å². The molecule has 1 aliphatic carbocycles. The molecule has 4 rings (SSSR count). The van der Waals surface area contributed by atoms with Gasteiger partial charge in [-0.2, -0.15) is 0 Å². The second-order valence-corrected chi connectivity index (χ2v) is 7.71. The Morgan fingerprint density at radius 3 is 2.60 bits per heavy atom. The number of carbonyl (C=O) groups excluding carboxylic acids is 2. The molecule has 1 heterocycles. The lowest BCUT2D eigenvalue weighted by Crippen LogP contribution is -2.25.